The zero-order valence-electron chi connectivity index (χ0n) is 21.3. The first-order chi connectivity index (χ1) is 18.5. The summed E-state index contributed by atoms with van der Waals surface area (Å²) in [6.07, 6.45) is 1.23. The van der Waals surface area contributed by atoms with Crippen LogP contribution in [-0.2, 0) is 52.5 Å². The summed E-state index contributed by atoms with van der Waals surface area (Å²) in [6.45, 7) is 3.73. The Balaban J connectivity index is 1.75. The van der Waals surface area contributed by atoms with Crippen LogP contribution in [0.15, 0.2) is 104 Å². The van der Waals surface area contributed by atoms with Crippen LogP contribution in [0.2, 0.25) is 0 Å². The van der Waals surface area contributed by atoms with E-state index in [4.69, 9.17) is 18.5 Å². The Morgan fingerprint density at radius 1 is 0.737 bits per heavy atom. The van der Waals surface area contributed by atoms with Gasteiger partial charge in [-0.05, 0) is 23.1 Å². The van der Waals surface area contributed by atoms with Gasteiger partial charge >= 0.3 is 19.5 Å². The molecule has 0 saturated heterocycles. The molecule has 3 aromatic carbocycles. The van der Waals surface area contributed by atoms with Gasteiger partial charge in [0.05, 0.1) is 25.3 Å². The third-order valence-corrected chi connectivity index (χ3v) is 7.53. The summed E-state index contributed by atoms with van der Waals surface area (Å²) in [5, 5.41) is 0. The largest absolute Gasteiger partial charge is 0.461 e. The molecule has 0 fully saturated rings. The first kappa shape index (κ1) is 29.1. The van der Waals surface area contributed by atoms with Crippen molar-refractivity contribution < 1.29 is 32.7 Å². The summed E-state index contributed by atoms with van der Waals surface area (Å²) in [4.78, 5) is 25.3. The van der Waals surface area contributed by atoms with Gasteiger partial charge in [-0.1, -0.05) is 104 Å². The summed E-state index contributed by atoms with van der Waals surface area (Å²) in [5.74, 6) is -1.99. The lowest BCUT2D eigenvalue weighted by Gasteiger charge is -2.23. The van der Waals surface area contributed by atoms with E-state index in [0.29, 0.717) is 0 Å². The molecule has 3 rings (SSSR count). The van der Waals surface area contributed by atoms with Crippen LogP contribution in [-0.4, -0.2) is 24.7 Å². The lowest BCUT2D eigenvalue weighted by molar-refractivity contribution is -0.150. The Bertz CT molecular complexity index is 1140. The van der Waals surface area contributed by atoms with E-state index in [2.05, 4.69) is 6.58 Å². The molecule has 8 heteroatoms. The van der Waals surface area contributed by atoms with Crippen molar-refractivity contribution in [2.75, 3.05) is 12.8 Å². The molecule has 0 radical (unpaired) electrons. The summed E-state index contributed by atoms with van der Waals surface area (Å²) in [5.41, 5.74) is 2.44. The highest BCUT2D eigenvalue weighted by molar-refractivity contribution is 7.53. The smallest absolute Gasteiger partial charge is 0.332 e. The lowest BCUT2D eigenvalue weighted by Crippen LogP contribution is -2.24. The molecule has 0 aliphatic heterocycles. The summed E-state index contributed by atoms with van der Waals surface area (Å²) >= 11 is 0. The fraction of sp³-hybridized carbons (Fsp3) is 0.267. The van der Waals surface area contributed by atoms with Crippen molar-refractivity contribution in [3.8, 4) is 0 Å². The van der Waals surface area contributed by atoms with E-state index in [1.165, 1.54) is 6.08 Å². The number of hydrogen-bond donors (Lipinski definition) is 0. The van der Waals surface area contributed by atoms with Crippen LogP contribution < -0.4 is 0 Å². The van der Waals surface area contributed by atoms with E-state index in [0.717, 1.165) is 16.7 Å². The Kier molecular flexibility index (Phi) is 12.0. The zero-order chi connectivity index (χ0) is 27.1. The molecular formula is C30H33O7P. The number of ether oxygens (including phenoxy) is 2. The fourth-order valence-electron chi connectivity index (χ4n) is 3.55. The molecule has 0 bridgehead atoms. The number of carbonyl (C=O) groups excluding carboxylic acids is 2. The average molecular weight is 537 g/mol. The SMILES string of the molecule is C=CCOC(=O)CCC(CP(=O)(OCc1ccccc1)OCc1ccccc1)C(=O)OCc1ccccc1. The van der Waals surface area contributed by atoms with Crippen LogP contribution in [0.25, 0.3) is 0 Å². The topological polar surface area (TPSA) is 88.1 Å². The Morgan fingerprint density at radius 2 is 1.21 bits per heavy atom. The van der Waals surface area contributed by atoms with Crippen LogP contribution in [0.4, 0.5) is 0 Å². The molecule has 200 valence electrons. The minimum Gasteiger partial charge on any atom is -0.461 e. The summed E-state index contributed by atoms with van der Waals surface area (Å²) in [6, 6.07) is 27.8. The lowest BCUT2D eigenvalue weighted by atomic mass is 10.1. The monoisotopic (exact) mass is 536 g/mol. The number of carbonyl (C=O) groups is 2. The third-order valence-electron chi connectivity index (χ3n) is 5.60. The van der Waals surface area contributed by atoms with Gasteiger partial charge in [-0.15, -0.1) is 0 Å². The maximum Gasteiger partial charge on any atom is 0.332 e. The molecule has 0 spiro atoms. The average Bonchev–Trinajstić information content (AvgIpc) is 2.96. The van der Waals surface area contributed by atoms with E-state index in [1.54, 1.807) is 0 Å². The molecule has 3 aromatic rings. The first-order valence-corrected chi connectivity index (χ1v) is 14.1. The van der Waals surface area contributed by atoms with Crippen molar-refractivity contribution in [1.82, 2.24) is 0 Å². The summed E-state index contributed by atoms with van der Waals surface area (Å²) in [7, 11) is -3.81. The van der Waals surface area contributed by atoms with E-state index in [1.807, 2.05) is 91.0 Å². The Labute approximate surface area is 223 Å². The molecule has 38 heavy (non-hydrogen) atoms. The van der Waals surface area contributed by atoms with Crippen molar-refractivity contribution in [2.45, 2.75) is 32.7 Å². The van der Waals surface area contributed by atoms with Gasteiger partial charge in [0.25, 0.3) is 0 Å². The second-order valence-corrected chi connectivity index (χ2v) is 10.7. The van der Waals surface area contributed by atoms with Crippen molar-refractivity contribution in [2.24, 2.45) is 5.92 Å². The molecule has 0 heterocycles. The predicted octanol–water partition coefficient (Wildman–Crippen LogP) is 6.48. The van der Waals surface area contributed by atoms with E-state index < -0.39 is 25.5 Å². The first-order valence-electron chi connectivity index (χ1n) is 12.4. The molecule has 0 saturated carbocycles. The maximum atomic E-state index is 14.0. The normalized spacial score (nSPS) is 11.9. The highest BCUT2D eigenvalue weighted by Crippen LogP contribution is 2.52. The molecule has 1 atom stereocenters. The predicted molar refractivity (Wildman–Crippen MR) is 145 cm³/mol. The molecule has 0 aromatic heterocycles. The summed E-state index contributed by atoms with van der Waals surface area (Å²) < 4.78 is 36.3. The van der Waals surface area contributed by atoms with Crippen molar-refractivity contribution in [3.05, 3.63) is 120 Å². The van der Waals surface area contributed by atoms with E-state index in [-0.39, 0.29) is 45.4 Å². The highest BCUT2D eigenvalue weighted by atomic mass is 31.2. The standard InChI is InChI=1S/C30H33O7P/c1-2-20-34-29(31)19-18-28(30(32)35-21-25-12-6-3-7-13-25)24-38(33,36-22-26-14-8-4-9-15-26)37-23-27-16-10-5-11-17-27/h2-17,28H,1,18-24H2. The fourth-order valence-corrected chi connectivity index (χ4v) is 5.40. The molecule has 0 amide bonds. The van der Waals surface area contributed by atoms with Crippen LogP contribution in [0.3, 0.4) is 0 Å². The van der Waals surface area contributed by atoms with Crippen LogP contribution >= 0.6 is 7.60 Å². The Hall–Kier alpha value is -3.51. The van der Waals surface area contributed by atoms with Gasteiger partial charge in [-0.3, -0.25) is 14.2 Å². The second kappa shape index (κ2) is 15.7. The van der Waals surface area contributed by atoms with Crippen LogP contribution in [0.1, 0.15) is 29.5 Å². The minimum absolute atomic E-state index is 0.0417. The molecule has 0 aliphatic carbocycles. The minimum atomic E-state index is -3.81. The number of hydrogen-bond acceptors (Lipinski definition) is 7. The van der Waals surface area contributed by atoms with Gasteiger partial charge in [0.2, 0.25) is 0 Å². The van der Waals surface area contributed by atoms with Crippen molar-refractivity contribution >= 4 is 19.5 Å². The molecule has 0 aliphatic rings. The van der Waals surface area contributed by atoms with Crippen LogP contribution in [0.5, 0.6) is 0 Å². The number of rotatable bonds is 16. The third kappa shape index (κ3) is 10.5. The molecular weight excluding hydrogens is 503 g/mol. The van der Waals surface area contributed by atoms with Gasteiger partial charge in [-0.2, -0.15) is 0 Å². The molecule has 0 N–H and O–H groups in total. The molecule has 7 nitrogen and oxygen atoms in total. The van der Waals surface area contributed by atoms with Crippen LogP contribution in [0, 0.1) is 5.92 Å². The molecule has 1 unspecified atom stereocenters. The maximum absolute atomic E-state index is 14.0. The number of benzene rings is 3. The van der Waals surface area contributed by atoms with Gasteiger partial charge in [0.1, 0.15) is 13.2 Å². The van der Waals surface area contributed by atoms with Gasteiger partial charge in [0.15, 0.2) is 0 Å². The van der Waals surface area contributed by atoms with Crippen molar-refractivity contribution in [1.29, 1.82) is 0 Å². The number of esters is 2. The van der Waals surface area contributed by atoms with E-state index in [9.17, 15) is 14.2 Å². The van der Waals surface area contributed by atoms with E-state index >= 15 is 0 Å². The Morgan fingerprint density at radius 3 is 1.68 bits per heavy atom. The second-order valence-electron chi connectivity index (χ2n) is 8.61. The quantitative estimate of drug-likeness (QED) is 0.118. The van der Waals surface area contributed by atoms with Gasteiger partial charge < -0.3 is 18.5 Å². The van der Waals surface area contributed by atoms with Gasteiger partial charge in [-0.25, -0.2) is 0 Å². The van der Waals surface area contributed by atoms with Crippen molar-refractivity contribution in [3.63, 3.8) is 0 Å². The van der Waals surface area contributed by atoms with Gasteiger partial charge in [0, 0.05) is 6.42 Å². The zero-order valence-corrected chi connectivity index (χ0v) is 22.2. The highest BCUT2D eigenvalue weighted by Gasteiger charge is 2.34.